The number of nitrogens with zero attached hydrogens (tertiary/aromatic N) is 1. The normalized spacial score (nSPS) is 19.7. The fourth-order valence-electron chi connectivity index (χ4n) is 2.98. The topological polar surface area (TPSA) is 15.3 Å². The lowest BCUT2D eigenvalue weighted by atomic mass is 9.98. The van der Waals surface area contributed by atoms with Gasteiger partial charge >= 0.3 is 0 Å². The fourth-order valence-corrected chi connectivity index (χ4v) is 3.17. The molecule has 2 nitrogen and oxygen atoms in total. The number of piperidine rings is 1. The van der Waals surface area contributed by atoms with Crippen molar-refractivity contribution in [2.24, 2.45) is 0 Å². The van der Waals surface area contributed by atoms with Gasteiger partial charge in [-0.25, -0.2) is 0 Å². The Morgan fingerprint density at radius 3 is 2.89 bits per heavy atom. The summed E-state index contributed by atoms with van der Waals surface area (Å²) in [6.07, 6.45) is 5.22. The largest absolute Gasteiger partial charge is 0.368 e. The second-order valence-electron chi connectivity index (χ2n) is 5.30. The van der Waals surface area contributed by atoms with E-state index >= 15 is 0 Å². The van der Waals surface area contributed by atoms with Crippen LogP contribution >= 0.6 is 11.6 Å². The zero-order valence-corrected chi connectivity index (χ0v) is 12.8. The van der Waals surface area contributed by atoms with Crippen molar-refractivity contribution in [2.75, 3.05) is 18.0 Å². The minimum Gasteiger partial charge on any atom is -0.368 e. The molecule has 0 aliphatic carbocycles. The van der Waals surface area contributed by atoms with E-state index < -0.39 is 0 Å². The maximum absolute atomic E-state index is 6.16. The summed E-state index contributed by atoms with van der Waals surface area (Å²) in [5.41, 5.74) is 2.70. The Kier molecular flexibility index (Phi) is 5.53. The first-order valence-corrected chi connectivity index (χ1v) is 7.89. The van der Waals surface area contributed by atoms with Crippen LogP contribution in [0.3, 0.4) is 0 Å². The van der Waals surface area contributed by atoms with Gasteiger partial charge in [0.25, 0.3) is 0 Å². The van der Waals surface area contributed by atoms with Crippen LogP contribution in [0, 0.1) is 0 Å². The Balaban J connectivity index is 2.25. The molecule has 1 atom stereocenters. The Hall–Kier alpha value is -0.730. The number of rotatable bonds is 5. The van der Waals surface area contributed by atoms with Gasteiger partial charge in [0.1, 0.15) is 0 Å². The van der Waals surface area contributed by atoms with Crippen LogP contribution in [-0.2, 0) is 6.54 Å². The van der Waals surface area contributed by atoms with E-state index in [1.807, 2.05) is 6.07 Å². The molecule has 1 aromatic carbocycles. The highest BCUT2D eigenvalue weighted by molar-refractivity contribution is 6.30. The predicted octanol–water partition coefficient (Wildman–Crippen LogP) is 4.22. The van der Waals surface area contributed by atoms with E-state index in [4.69, 9.17) is 11.6 Å². The molecule has 1 aliphatic rings. The SMILES string of the molecule is CCNCc1cc(Cl)ccc1N1CCCCC1CC. The first-order chi connectivity index (χ1) is 9.26. The van der Waals surface area contributed by atoms with Crippen LogP contribution in [0.25, 0.3) is 0 Å². The maximum atomic E-state index is 6.16. The van der Waals surface area contributed by atoms with Crippen molar-refractivity contribution in [3.05, 3.63) is 28.8 Å². The minimum absolute atomic E-state index is 0.690. The van der Waals surface area contributed by atoms with Gasteiger partial charge in [0.2, 0.25) is 0 Å². The molecule has 0 radical (unpaired) electrons. The van der Waals surface area contributed by atoms with Crippen LogP contribution in [0.15, 0.2) is 18.2 Å². The van der Waals surface area contributed by atoms with Gasteiger partial charge in [0, 0.05) is 29.8 Å². The molecule has 1 aromatic rings. The molecule has 106 valence electrons. The first-order valence-electron chi connectivity index (χ1n) is 7.52. The summed E-state index contributed by atoms with van der Waals surface area (Å²) in [6.45, 7) is 7.50. The van der Waals surface area contributed by atoms with E-state index in [1.54, 1.807) is 0 Å². The lowest BCUT2D eigenvalue weighted by Crippen LogP contribution is -2.39. The third-order valence-corrected chi connectivity index (χ3v) is 4.25. The molecule has 19 heavy (non-hydrogen) atoms. The molecular formula is C16H25ClN2. The van der Waals surface area contributed by atoms with Gasteiger partial charge in [-0.1, -0.05) is 25.4 Å². The number of benzene rings is 1. The molecule has 1 unspecified atom stereocenters. The Labute approximate surface area is 122 Å². The van der Waals surface area contributed by atoms with Crippen molar-refractivity contribution < 1.29 is 0 Å². The third kappa shape index (κ3) is 3.64. The summed E-state index contributed by atoms with van der Waals surface area (Å²) in [7, 11) is 0. The van der Waals surface area contributed by atoms with Crippen LogP contribution < -0.4 is 10.2 Å². The molecule has 0 spiro atoms. The molecule has 0 saturated carbocycles. The van der Waals surface area contributed by atoms with Crippen molar-refractivity contribution in [1.29, 1.82) is 0 Å². The van der Waals surface area contributed by atoms with E-state index in [-0.39, 0.29) is 0 Å². The van der Waals surface area contributed by atoms with Crippen molar-refractivity contribution in [3.8, 4) is 0 Å². The lowest BCUT2D eigenvalue weighted by Gasteiger charge is -2.38. The van der Waals surface area contributed by atoms with Gasteiger partial charge in [-0.15, -0.1) is 0 Å². The van der Waals surface area contributed by atoms with Gasteiger partial charge < -0.3 is 10.2 Å². The van der Waals surface area contributed by atoms with Crippen LogP contribution in [0.4, 0.5) is 5.69 Å². The highest BCUT2D eigenvalue weighted by atomic mass is 35.5. The van der Waals surface area contributed by atoms with E-state index in [1.165, 1.54) is 43.5 Å². The molecule has 2 rings (SSSR count). The molecule has 3 heteroatoms. The van der Waals surface area contributed by atoms with Crippen molar-refractivity contribution in [2.45, 2.75) is 52.1 Å². The van der Waals surface area contributed by atoms with Gasteiger partial charge in [-0.3, -0.25) is 0 Å². The molecule has 1 fully saturated rings. The number of anilines is 1. The van der Waals surface area contributed by atoms with Gasteiger partial charge in [-0.2, -0.15) is 0 Å². The van der Waals surface area contributed by atoms with E-state index in [0.717, 1.165) is 18.1 Å². The van der Waals surface area contributed by atoms with Crippen LogP contribution in [0.1, 0.15) is 45.1 Å². The summed E-state index contributed by atoms with van der Waals surface area (Å²) in [4.78, 5) is 2.59. The quantitative estimate of drug-likeness (QED) is 0.869. The molecule has 1 N–H and O–H groups in total. The smallest absolute Gasteiger partial charge is 0.0415 e. The molecular weight excluding hydrogens is 256 g/mol. The summed E-state index contributed by atoms with van der Waals surface area (Å²) < 4.78 is 0. The maximum Gasteiger partial charge on any atom is 0.0415 e. The van der Waals surface area contributed by atoms with Crippen LogP contribution in [0.5, 0.6) is 0 Å². The summed E-state index contributed by atoms with van der Waals surface area (Å²) in [6, 6.07) is 7.02. The highest BCUT2D eigenvalue weighted by Crippen LogP contribution is 2.31. The number of hydrogen-bond acceptors (Lipinski definition) is 2. The average Bonchev–Trinajstić information content (AvgIpc) is 2.45. The first kappa shape index (κ1) is 14.7. The Morgan fingerprint density at radius 2 is 2.16 bits per heavy atom. The van der Waals surface area contributed by atoms with E-state index in [9.17, 15) is 0 Å². The fraction of sp³-hybridized carbons (Fsp3) is 0.625. The molecule has 0 bridgehead atoms. The summed E-state index contributed by atoms with van der Waals surface area (Å²) in [5.74, 6) is 0. The monoisotopic (exact) mass is 280 g/mol. The lowest BCUT2D eigenvalue weighted by molar-refractivity contribution is 0.448. The van der Waals surface area contributed by atoms with Crippen molar-refractivity contribution in [3.63, 3.8) is 0 Å². The van der Waals surface area contributed by atoms with Crippen molar-refractivity contribution in [1.82, 2.24) is 5.32 Å². The number of hydrogen-bond donors (Lipinski definition) is 1. The minimum atomic E-state index is 0.690. The zero-order chi connectivity index (χ0) is 13.7. The zero-order valence-electron chi connectivity index (χ0n) is 12.1. The second-order valence-corrected chi connectivity index (χ2v) is 5.74. The Morgan fingerprint density at radius 1 is 1.32 bits per heavy atom. The average molecular weight is 281 g/mol. The van der Waals surface area contributed by atoms with Gasteiger partial charge in [0.05, 0.1) is 0 Å². The van der Waals surface area contributed by atoms with Crippen LogP contribution in [0.2, 0.25) is 5.02 Å². The second kappa shape index (κ2) is 7.16. The molecule has 1 saturated heterocycles. The van der Waals surface area contributed by atoms with Crippen molar-refractivity contribution >= 4 is 17.3 Å². The molecule has 1 heterocycles. The van der Waals surface area contributed by atoms with E-state index in [2.05, 4.69) is 36.2 Å². The van der Waals surface area contributed by atoms with E-state index in [0.29, 0.717) is 6.04 Å². The highest BCUT2D eigenvalue weighted by Gasteiger charge is 2.22. The standard InChI is InChI=1S/C16H25ClN2/c1-3-15-7-5-6-10-19(15)16-9-8-14(17)11-13(16)12-18-4-2/h8-9,11,15,18H,3-7,10,12H2,1-2H3. The third-order valence-electron chi connectivity index (χ3n) is 4.01. The Bertz CT molecular complexity index is 406. The molecule has 1 aliphatic heterocycles. The predicted molar refractivity (Wildman–Crippen MR) is 84.1 cm³/mol. The van der Waals surface area contributed by atoms with Gasteiger partial charge in [-0.05, 0) is 56.0 Å². The van der Waals surface area contributed by atoms with Crippen LogP contribution in [-0.4, -0.2) is 19.1 Å². The molecule has 0 amide bonds. The molecule has 0 aromatic heterocycles. The number of halogens is 1. The summed E-state index contributed by atoms with van der Waals surface area (Å²) >= 11 is 6.16. The van der Waals surface area contributed by atoms with Gasteiger partial charge in [0.15, 0.2) is 0 Å². The number of nitrogens with one attached hydrogen (secondary N) is 1. The summed E-state index contributed by atoms with van der Waals surface area (Å²) in [5, 5.41) is 4.25.